The number of nitrogens with zero attached hydrogens (tertiary/aromatic N) is 1. The largest absolute Gasteiger partial charge is 0.314 e. The fraction of sp³-hybridized carbons (Fsp3) is 0.412. The standard InChI is InChI=1S/C17H21BrN2S/c1-2-15-7-8-16(21-15)17(20-11-9-19-10-12-20)13-3-5-14(18)6-4-13/h3-8,17,19H,2,9-12H2,1H3. The van der Waals surface area contributed by atoms with Crippen LogP contribution in [-0.4, -0.2) is 31.1 Å². The molecule has 0 radical (unpaired) electrons. The van der Waals surface area contributed by atoms with E-state index in [2.05, 4.69) is 69.5 Å². The van der Waals surface area contributed by atoms with Crippen LogP contribution in [0.25, 0.3) is 0 Å². The summed E-state index contributed by atoms with van der Waals surface area (Å²) in [6.07, 6.45) is 1.12. The van der Waals surface area contributed by atoms with Crippen LogP contribution in [0, 0.1) is 0 Å². The van der Waals surface area contributed by atoms with E-state index in [1.165, 1.54) is 15.3 Å². The average Bonchev–Trinajstić information content (AvgIpc) is 2.99. The summed E-state index contributed by atoms with van der Waals surface area (Å²) in [5, 5.41) is 3.45. The molecule has 0 aliphatic carbocycles. The van der Waals surface area contributed by atoms with E-state index < -0.39 is 0 Å². The minimum atomic E-state index is 0.394. The molecule has 1 aliphatic heterocycles. The van der Waals surface area contributed by atoms with Crippen molar-refractivity contribution in [3.8, 4) is 0 Å². The summed E-state index contributed by atoms with van der Waals surface area (Å²) in [5.74, 6) is 0. The summed E-state index contributed by atoms with van der Waals surface area (Å²) in [4.78, 5) is 5.55. The predicted octanol–water partition coefficient (Wildman–Crippen LogP) is 4.07. The number of aryl methyl sites for hydroxylation is 1. The van der Waals surface area contributed by atoms with E-state index in [1.54, 1.807) is 0 Å². The predicted molar refractivity (Wildman–Crippen MR) is 94.1 cm³/mol. The van der Waals surface area contributed by atoms with Gasteiger partial charge in [0.1, 0.15) is 0 Å². The van der Waals surface area contributed by atoms with Crippen LogP contribution in [0.2, 0.25) is 0 Å². The van der Waals surface area contributed by atoms with Gasteiger partial charge in [-0.3, -0.25) is 4.90 Å². The lowest BCUT2D eigenvalue weighted by atomic mass is 10.0. The summed E-state index contributed by atoms with van der Waals surface area (Å²) in [6.45, 7) is 6.62. The van der Waals surface area contributed by atoms with Crippen molar-refractivity contribution in [3.63, 3.8) is 0 Å². The van der Waals surface area contributed by atoms with E-state index in [1.807, 2.05) is 11.3 Å². The van der Waals surface area contributed by atoms with Crippen LogP contribution in [0.1, 0.15) is 28.3 Å². The number of nitrogens with one attached hydrogen (secondary N) is 1. The van der Waals surface area contributed by atoms with E-state index >= 15 is 0 Å². The van der Waals surface area contributed by atoms with Crippen molar-refractivity contribution in [1.82, 2.24) is 10.2 Å². The Hall–Kier alpha value is -0.680. The van der Waals surface area contributed by atoms with Gasteiger partial charge in [0.15, 0.2) is 0 Å². The van der Waals surface area contributed by atoms with Crippen LogP contribution in [0.5, 0.6) is 0 Å². The number of thiophene rings is 1. The lowest BCUT2D eigenvalue weighted by molar-refractivity contribution is 0.200. The molecule has 1 aromatic carbocycles. The van der Waals surface area contributed by atoms with Crippen LogP contribution in [0.15, 0.2) is 40.9 Å². The second kappa shape index (κ2) is 7.05. The fourth-order valence-electron chi connectivity index (χ4n) is 2.87. The Morgan fingerprint density at radius 3 is 2.48 bits per heavy atom. The molecule has 2 aromatic rings. The number of benzene rings is 1. The molecule has 112 valence electrons. The van der Waals surface area contributed by atoms with Gasteiger partial charge in [0.25, 0.3) is 0 Å². The lowest BCUT2D eigenvalue weighted by Gasteiger charge is -2.34. The van der Waals surface area contributed by atoms with Crippen LogP contribution < -0.4 is 5.32 Å². The fourth-order valence-corrected chi connectivity index (χ4v) is 4.25. The molecule has 4 heteroatoms. The Labute approximate surface area is 139 Å². The number of hydrogen-bond acceptors (Lipinski definition) is 3. The molecule has 2 nitrogen and oxygen atoms in total. The van der Waals surface area contributed by atoms with Crippen molar-refractivity contribution in [1.29, 1.82) is 0 Å². The number of hydrogen-bond donors (Lipinski definition) is 1. The maximum absolute atomic E-state index is 3.54. The first-order valence-corrected chi connectivity index (χ1v) is 9.17. The molecule has 1 aromatic heterocycles. The van der Waals surface area contributed by atoms with Crippen molar-refractivity contribution < 1.29 is 0 Å². The van der Waals surface area contributed by atoms with E-state index in [9.17, 15) is 0 Å². The van der Waals surface area contributed by atoms with E-state index in [0.717, 1.165) is 37.1 Å². The normalized spacial score (nSPS) is 17.8. The zero-order valence-electron chi connectivity index (χ0n) is 12.3. The van der Waals surface area contributed by atoms with Crippen LogP contribution in [-0.2, 0) is 6.42 Å². The lowest BCUT2D eigenvalue weighted by Crippen LogP contribution is -2.45. The minimum Gasteiger partial charge on any atom is -0.314 e. The third-order valence-corrected chi connectivity index (χ3v) is 5.81. The molecule has 3 rings (SSSR count). The summed E-state index contributed by atoms with van der Waals surface area (Å²) in [7, 11) is 0. The van der Waals surface area contributed by atoms with Gasteiger partial charge in [0.05, 0.1) is 6.04 Å². The molecule has 0 spiro atoms. The number of halogens is 1. The molecule has 21 heavy (non-hydrogen) atoms. The van der Waals surface area contributed by atoms with Crippen molar-refractivity contribution >= 4 is 27.3 Å². The molecule has 1 aliphatic rings. The topological polar surface area (TPSA) is 15.3 Å². The van der Waals surface area contributed by atoms with Gasteiger partial charge in [-0.2, -0.15) is 0 Å². The second-order valence-electron chi connectivity index (χ2n) is 5.40. The molecule has 0 saturated carbocycles. The molecule has 1 atom stereocenters. The van der Waals surface area contributed by atoms with E-state index in [4.69, 9.17) is 0 Å². The zero-order chi connectivity index (χ0) is 14.7. The number of rotatable bonds is 4. The minimum absolute atomic E-state index is 0.394. The molecule has 1 unspecified atom stereocenters. The van der Waals surface area contributed by atoms with Crippen molar-refractivity contribution in [2.24, 2.45) is 0 Å². The molecule has 1 N–H and O–H groups in total. The zero-order valence-corrected chi connectivity index (χ0v) is 14.7. The first-order valence-electron chi connectivity index (χ1n) is 7.57. The van der Waals surface area contributed by atoms with Crippen LogP contribution in [0.4, 0.5) is 0 Å². The van der Waals surface area contributed by atoms with Crippen molar-refractivity contribution in [2.45, 2.75) is 19.4 Å². The Morgan fingerprint density at radius 1 is 1.14 bits per heavy atom. The van der Waals surface area contributed by atoms with Gasteiger partial charge in [0, 0.05) is 40.4 Å². The van der Waals surface area contributed by atoms with Crippen molar-refractivity contribution in [3.05, 3.63) is 56.2 Å². The second-order valence-corrected chi connectivity index (χ2v) is 7.51. The summed E-state index contributed by atoms with van der Waals surface area (Å²) in [5.41, 5.74) is 1.39. The molecule has 1 saturated heterocycles. The maximum Gasteiger partial charge on any atom is 0.0697 e. The Balaban J connectivity index is 1.95. The highest BCUT2D eigenvalue weighted by molar-refractivity contribution is 9.10. The van der Waals surface area contributed by atoms with Gasteiger partial charge in [-0.25, -0.2) is 0 Å². The van der Waals surface area contributed by atoms with Crippen molar-refractivity contribution in [2.75, 3.05) is 26.2 Å². The smallest absolute Gasteiger partial charge is 0.0697 e. The molecule has 0 amide bonds. The highest BCUT2D eigenvalue weighted by Gasteiger charge is 2.25. The first-order chi connectivity index (χ1) is 10.3. The molecule has 1 fully saturated rings. The van der Waals surface area contributed by atoms with Crippen LogP contribution in [0.3, 0.4) is 0 Å². The Kier molecular flexibility index (Phi) is 5.11. The highest BCUT2D eigenvalue weighted by atomic mass is 79.9. The maximum atomic E-state index is 3.54. The first kappa shape index (κ1) is 15.2. The van der Waals surface area contributed by atoms with Gasteiger partial charge >= 0.3 is 0 Å². The highest BCUT2D eigenvalue weighted by Crippen LogP contribution is 2.34. The summed E-state index contributed by atoms with van der Waals surface area (Å²) in [6, 6.07) is 13.8. The number of piperazine rings is 1. The van der Waals surface area contributed by atoms with E-state index in [0.29, 0.717) is 6.04 Å². The quantitative estimate of drug-likeness (QED) is 0.879. The summed E-state index contributed by atoms with van der Waals surface area (Å²) < 4.78 is 1.14. The Bertz CT molecular complexity index is 573. The summed E-state index contributed by atoms with van der Waals surface area (Å²) >= 11 is 5.50. The Morgan fingerprint density at radius 2 is 1.86 bits per heavy atom. The van der Waals surface area contributed by atoms with Gasteiger partial charge in [-0.1, -0.05) is 35.0 Å². The van der Waals surface area contributed by atoms with E-state index in [-0.39, 0.29) is 0 Å². The van der Waals surface area contributed by atoms with Crippen LogP contribution >= 0.6 is 27.3 Å². The van der Waals surface area contributed by atoms with Gasteiger partial charge < -0.3 is 5.32 Å². The molecular weight excluding hydrogens is 344 g/mol. The van der Waals surface area contributed by atoms with Gasteiger partial charge in [-0.15, -0.1) is 11.3 Å². The molecule has 2 heterocycles. The van der Waals surface area contributed by atoms with Gasteiger partial charge in [-0.05, 0) is 36.2 Å². The third kappa shape index (κ3) is 3.57. The molecular formula is C17H21BrN2S. The monoisotopic (exact) mass is 364 g/mol. The van der Waals surface area contributed by atoms with Gasteiger partial charge in [0.2, 0.25) is 0 Å². The average molecular weight is 365 g/mol. The SMILES string of the molecule is CCc1ccc(C(c2ccc(Br)cc2)N2CCNCC2)s1. The third-order valence-electron chi connectivity index (χ3n) is 4.00. The molecule has 0 bridgehead atoms.